The van der Waals surface area contributed by atoms with Crippen LogP contribution in [0.2, 0.25) is 0 Å². The summed E-state index contributed by atoms with van der Waals surface area (Å²) in [7, 11) is 0. The molecule has 3 rings (SSSR count). The monoisotopic (exact) mass is 378 g/mol. The second-order valence-corrected chi connectivity index (χ2v) is 7.39. The summed E-state index contributed by atoms with van der Waals surface area (Å²) in [6, 6.07) is 17.1. The number of aryl methyl sites for hydroxylation is 1. The van der Waals surface area contributed by atoms with Crippen molar-refractivity contribution in [3.63, 3.8) is 0 Å². The van der Waals surface area contributed by atoms with Gasteiger partial charge >= 0.3 is 0 Å². The van der Waals surface area contributed by atoms with Crippen LogP contribution >= 0.6 is 11.8 Å². The molecule has 2 aromatic carbocycles. The highest BCUT2D eigenvalue weighted by Crippen LogP contribution is 2.25. The number of thioether (sulfide) groups is 1. The first-order chi connectivity index (χ1) is 13.2. The number of ether oxygens (including phenoxy) is 1. The molecule has 1 heterocycles. The molecule has 3 aromatic rings. The predicted octanol–water partition coefficient (Wildman–Crippen LogP) is 6.34. The van der Waals surface area contributed by atoms with E-state index >= 15 is 0 Å². The molecule has 0 radical (unpaired) electrons. The molecule has 0 spiro atoms. The van der Waals surface area contributed by atoms with Crippen molar-refractivity contribution >= 4 is 33.9 Å². The van der Waals surface area contributed by atoms with E-state index in [1.165, 1.54) is 22.1 Å². The van der Waals surface area contributed by atoms with E-state index in [1.807, 2.05) is 5.41 Å². The van der Waals surface area contributed by atoms with Crippen molar-refractivity contribution in [2.75, 3.05) is 18.7 Å². The highest BCUT2D eigenvalue weighted by atomic mass is 32.2. The Balaban J connectivity index is 1.51. The Morgan fingerprint density at radius 2 is 2.00 bits per heavy atom. The number of hydrogen-bond donors (Lipinski definition) is 2. The number of aromatic amines is 1. The number of hydrogen-bond acceptors (Lipinski definition) is 3. The van der Waals surface area contributed by atoms with E-state index in [1.54, 1.807) is 11.8 Å². The second-order valence-electron chi connectivity index (χ2n) is 6.55. The molecule has 0 saturated heterocycles. The molecule has 27 heavy (non-hydrogen) atoms. The van der Waals surface area contributed by atoms with E-state index in [-0.39, 0.29) is 0 Å². The Bertz CT molecular complexity index is 925. The van der Waals surface area contributed by atoms with Gasteiger partial charge < -0.3 is 15.0 Å². The lowest BCUT2D eigenvalue weighted by Gasteiger charge is -2.08. The van der Waals surface area contributed by atoms with E-state index in [9.17, 15) is 0 Å². The molecule has 2 N–H and O–H groups in total. The van der Waals surface area contributed by atoms with Gasteiger partial charge in [-0.25, -0.2) is 0 Å². The lowest BCUT2D eigenvalue weighted by Crippen LogP contribution is -2.08. The Morgan fingerprint density at radius 3 is 2.78 bits per heavy atom. The van der Waals surface area contributed by atoms with Gasteiger partial charge in [0.25, 0.3) is 0 Å². The van der Waals surface area contributed by atoms with Crippen LogP contribution in [0.1, 0.15) is 23.7 Å². The predicted molar refractivity (Wildman–Crippen MR) is 119 cm³/mol. The second kappa shape index (κ2) is 9.49. The fourth-order valence-electron chi connectivity index (χ4n) is 2.82. The summed E-state index contributed by atoms with van der Waals surface area (Å²) in [6.45, 7) is 9.14. The van der Waals surface area contributed by atoms with Gasteiger partial charge in [0.05, 0.1) is 6.61 Å². The fourth-order valence-corrected chi connectivity index (χ4v) is 3.25. The Hall–Kier alpha value is -2.43. The maximum absolute atomic E-state index is 5.73. The number of H-pyrrole nitrogens is 1. The molecule has 140 valence electrons. The normalized spacial score (nSPS) is 11.7. The van der Waals surface area contributed by atoms with Crippen LogP contribution in [0.25, 0.3) is 16.5 Å². The Labute approximate surface area is 165 Å². The molecule has 0 aliphatic rings. The highest BCUT2D eigenvalue weighted by Gasteiger charge is 2.03. The van der Waals surface area contributed by atoms with Crippen molar-refractivity contribution in [2.45, 2.75) is 20.3 Å². The zero-order valence-electron chi connectivity index (χ0n) is 15.9. The maximum Gasteiger partial charge on any atom is 0.116 e. The SMILES string of the molecule is C=CS/C=C(\C)c1cc2cc(NCOCCc3ccc(C)cc3)ccc2[nH]1. The van der Waals surface area contributed by atoms with Crippen molar-refractivity contribution in [3.8, 4) is 0 Å². The Kier molecular flexibility index (Phi) is 6.80. The van der Waals surface area contributed by atoms with Crippen molar-refractivity contribution < 1.29 is 4.74 Å². The number of benzene rings is 2. The van der Waals surface area contributed by atoms with Gasteiger partial charge in [0.15, 0.2) is 0 Å². The maximum atomic E-state index is 5.73. The van der Waals surface area contributed by atoms with Gasteiger partial charge in [-0.3, -0.25) is 0 Å². The van der Waals surface area contributed by atoms with Gasteiger partial charge in [-0.2, -0.15) is 0 Å². The molecule has 0 fully saturated rings. The molecule has 1 aromatic heterocycles. The van der Waals surface area contributed by atoms with Crippen molar-refractivity contribution in [2.24, 2.45) is 0 Å². The average Bonchev–Trinajstić information content (AvgIpc) is 3.11. The van der Waals surface area contributed by atoms with Crippen LogP contribution in [0.4, 0.5) is 5.69 Å². The molecule has 0 aliphatic carbocycles. The number of fused-ring (bicyclic) bond motifs is 1. The van der Waals surface area contributed by atoms with Crippen LogP contribution in [0.3, 0.4) is 0 Å². The number of aromatic nitrogens is 1. The quantitative estimate of drug-likeness (QED) is 0.337. The first kappa shape index (κ1) is 19.3. The molecule has 0 saturated carbocycles. The van der Waals surface area contributed by atoms with Crippen molar-refractivity contribution in [1.82, 2.24) is 4.98 Å². The molecule has 0 aliphatic heterocycles. The summed E-state index contributed by atoms with van der Waals surface area (Å²) in [5, 5.41) is 8.45. The van der Waals surface area contributed by atoms with Gasteiger partial charge in [-0.1, -0.05) is 36.4 Å². The summed E-state index contributed by atoms with van der Waals surface area (Å²) in [6.07, 6.45) is 0.927. The van der Waals surface area contributed by atoms with Crippen LogP contribution < -0.4 is 5.32 Å². The Morgan fingerprint density at radius 1 is 1.19 bits per heavy atom. The molecule has 0 bridgehead atoms. The molecular weight excluding hydrogens is 352 g/mol. The molecule has 0 amide bonds. The first-order valence-electron chi connectivity index (χ1n) is 9.09. The van der Waals surface area contributed by atoms with Gasteiger partial charge in [0.1, 0.15) is 6.73 Å². The standard InChI is InChI=1S/C23H26N2OS/c1-4-27-15-18(3)23-14-20-13-21(9-10-22(20)25-23)24-16-26-12-11-19-7-5-17(2)6-8-19/h4-10,13-15,24-25H,1,11-12,16H2,2-3H3/b18-15+. The number of allylic oxidation sites excluding steroid dienone is 1. The van der Waals surface area contributed by atoms with Crippen LogP contribution in [0, 0.1) is 6.92 Å². The van der Waals surface area contributed by atoms with Crippen LogP contribution in [-0.4, -0.2) is 18.3 Å². The van der Waals surface area contributed by atoms with Gasteiger partial charge in [-0.05, 0) is 66.5 Å². The van der Waals surface area contributed by atoms with Crippen LogP contribution in [-0.2, 0) is 11.2 Å². The summed E-state index contributed by atoms with van der Waals surface area (Å²) >= 11 is 1.59. The van der Waals surface area contributed by atoms with E-state index in [0.717, 1.165) is 23.3 Å². The summed E-state index contributed by atoms with van der Waals surface area (Å²) in [5.74, 6) is 0. The van der Waals surface area contributed by atoms with Crippen molar-refractivity contribution in [1.29, 1.82) is 0 Å². The van der Waals surface area contributed by atoms with E-state index < -0.39 is 0 Å². The number of rotatable bonds is 9. The fraction of sp³-hybridized carbons (Fsp3) is 0.217. The summed E-state index contributed by atoms with van der Waals surface area (Å²) in [5.41, 5.74) is 7.11. The minimum Gasteiger partial charge on any atom is -0.363 e. The average molecular weight is 379 g/mol. The third-order valence-corrected chi connectivity index (χ3v) is 5.10. The van der Waals surface area contributed by atoms with Crippen molar-refractivity contribution in [3.05, 3.63) is 82.7 Å². The minimum atomic E-state index is 0.504. The zero-order chi connectivity index (χ0) is 19.1. The molecular formula is C23H26N2OS. The van der Waals surface area contributed by atoms with E-state index in [4.69, 9.17) is 4.74 Å². The molecule has 0 unspecified atom stereocenters. The lowest BCUT2D eigenvalue weighted by molar-refractivity contribution is 0.155. The minimum absolute atomic E-state index is 0.504. The third kappa shape index (κ3) is 5.52. The number of anilines is 1. The number of nitrogens with one attached hydrogen (secondary N) is 2. The van der Waals surface area contributed by atoms with Gasteiger partial charge in [0, 0.05) is 22.3 Å². The molecule has 4 heteroatoms. The van der Waals surface area contributed by atoms with E-state index in [0.29, 0.717) is 13.3 Å². The molecule has 0 atom stereocenters. The van der Waals surface area contributed by atoms with Crippen LogP contribution in [0.15, 0.2) is 65.9 Å². The van der Waals surface area contributed by atoms with Gasteiger partial charge in [-0.15, -0.1) is 11.8 Å². The third-order valence-electron chi connectivity index (χ3n) is 4.42. The van der Waals surface area contributed by atoms with E-state index in [2.05, 4.69) is 84.7 Å². The van der Waals surface area contributed by atoms with Gasteiger partial charge in [0.2, 0.25) is 0 Å². The van der Waals surface area contributed by atoms with Crippen LogP contribution in [0.5, 0.6) is 0 Å². The lowest BCUT2D eigenvalue weighted by atomic mass is 10.1. The zero-order valence-corrected chi connectivity index (χ0v) is 16.7. The summed E-state index contributed by atoms with van der Waals surface area (Å²) < 4.78 is 5.73. The first-order valence-corrected chi connectivity index (χ1v) is 10.0. The summed E-state index contributed by atoms with van der Waals surface area (Å²) in [4.78, 5) is 3.45. The smallest absolute Gasteiger partial charge is 0.116 e. The largest absolute Gasteiger partial charge is 0.363 e. The highest BCUT2D eigenvalue weighted by molar-refractivity contribution is 8.05. The topological polar surface area (TPSA) is 37.0 Å². The molecule has 3 nitrogen and oxygen atoms in total.